The van der Waals surface area contributed by atoms with E-state index in [2.05, 4.69) is 31.4 Å². The second-order valence-electron chi connectivity index (χ2n) is 4.08. The maximum Gasteiger partial charge on any atom is 0.295 e. The van der Waals surface area contributed by atoms with Crippen molar-refractivity contribution in [3.63, 3.8) is 0 Å². The number of aromatic nitrogens is 3. The third-order valence-electron chi connectivity index (χ3n) is 2.70. The first kappa shape index (κ1) is 14.4. The van der Waals surface area contributed by atoms with Crippen molar-refractivity contribution in [1.82, 2.24) is 14.8 Å². The van der Waals surface area contributed by atoms with Crippen LogP contribution in [0.2, 0.25) is 0 Å². The number of anilines is 1. The Morgan fingerprint density at radius 2 is 2.30 bits per heavy atom. The fraction of sp³-hybridized carbons (Fsp3) is 0.273. The smallest absolute Gasteiger partial charge is 0.295 e. The van der Waals surface area contributed by atoms with Gasteiger partial charge in [0.2, 0.25) is 0 Å². The van der Waals surface area contributed by atoms with E-state index in [-0.39, 0.29) is 15.8 Å². The van der Waals surface area contributed by atoms with Gasteiger partial charge in [0.1, 0.15) is 23.7 Å². The molecule has 1 heterocycles. The van der Waals surface area contributed by atoms with E-state index in [1.165, 1.54) is 6.07 Å². The molecule has 0 aliphatic heterocycles. The largest absolute Gasteiger partial charge is 0.379 e. The number of hydrogen-bond donors (Lipinski definition) is 1. The van der Waals surface area contributed by atoms with Crippen LogP contribution >= 0.6 is 15.9 Å². The molecule has 2 aromatic rings. The van der Waals surface area contributed by atoms with Crippen molar-refractivity contribution in [2.75, 3.05) is 11.9 Å². The Bertz CT molecular complexity index is 646. The Morgan fingerprint density at radius 1 is 1.55 bits per heavy atom. The Labute approximate surface area is 122 Å². The second kappa shape index (κ2) is 5.95. The van der Waals surface area contributed by atoms with Crippen molar-refractivity contribution in [2.45, 2.75) is 6.42 Å². The van der Waals surface area contributed by atoms with Gasteiger partial charge in [0, 0.05) is 20.0 Å². The first-order chi connectivity index (χ1) is 9.49. The second-order valence-corrected chi connectivity index (χ2v) is 4.93. The average Bonchev–Trinajstić information content (AvgIpc) is 2.79. The number of benzene rings is 1. The van der Waals surface area contributed by atoms with Crippen molar-refractivity contribution in [2.24, 2.45) is 7.05 Å². The molecule has 7 nitrogen and oxygen atoms in total. The quantitative estimate of drug-likeness (QED) is 0.664. The molecule has 0 atom stereocenters. The number of nitro benzene ring substituents is 1. The standard InChI is InChI=1S/C11H11BrFN5O2/c1-17-6-15-16-11(17)2-3-14-9-4-7(12)8(13)5-10(9)18(19)20/h4-6,14H,2-3H2,1H3. The Kier molecular flexibility index (Phi) is 4.28. The predicted octanol–water partition coefficient (Wildman–Crippen LogP) is 2.28. The highest BCUT2D eigenvalue weighted by Crippen LogP contribution is 2.30. The van der Waals surface area contributed by atoms with E-state index in [9.17, 15) is 14.5 Å². The van der Waals surface area contributed by atoms with Gasteiger partial charge in [0.05, 0.1) is 15.5 Å². The van der Waals surface area contributed by atoms with E-state index in [0.29, 0.717) is 13.0 Å². The zero-order valence-electron chi connectivity index (χ0n) is 10.5. The van der Waals surface area contributed by atoms with Crippen LogP contribution in [-0.2, 0) is 13.5 Å². The molecule has 9 heteroatoms. The average molecular weight is 344 g/mol. The van der Waals surface area contributed by atoms with Gasteiger partial charge in [-0.2, -0.15) is 0 Å². The van der Waals surface area contributed by atoms with Crippen LogP contribution in [0, 0.1) is 15.9 Å². The Hall–Kier alpha value is -2.03. The Morgan fingerprint density at radius 3 is 2.90 bits per heavy atom. The molecule has 0 spiro atoms. The predicted molar refractivity (Wildman–Crippen MR) is 74.0 cm³/mol. The zero-order chi connectivity index (χ0) is 14.7. The molecule has 1 aromatic carbocycles. The maximum absolute atomic E-state index is 13.3. The van der Waals surface area contributed by atoms with Gasteiger partial charge in [-0.25, -0.2) is 4.39 Å². The summed E-state index contributed by atoms with van der Waals surface area (Å²) in [6, 6.07) is 2.23. The number of hydrogen-bond acceptors (Lipinski definition) is 5. The van der Waals surface area contributed by atoms with Gasteiger partial charge in [-0.05, 0) is 22.0 Å². The highest BCUT2D eigenvalue weighted by Gasteiger charge is 2.17. The van der Waals surface area contributed by atoms with Gasteiger partial charge in [-0.3, -0.25) is 10.1 Å². The van der Waals surface area contributed by atoms with E-state index in [4.69, 9.17) is 0 Å². The summed E-state index contributed by atoms with van der Waals surface area (Å²) >= 11 is 3.01. The highest BCUT2D eigenvalue weighted by molar-refractivity contribution is 9.10. The number of rotatable bonds is 5. The summed E-state index contributed by atoms with van der Waals surface area (Å²) < 4.78 is 15.2. The van der Waals surface area contributed by atoms with Crippen LogP contribution in [0.3, 0.4) is 0 Å². The van der Waals surface area contributed by atoms with Gasteiger partial charge in [0.25, 0.3) is 5.69 Å². The van der Waals surface area contributed by atoms with Crippen LogP contribution in [0.15, 0.2) is 22.9 Å². The molecule has 0 unspecified atom stereocenters. The summed E-state index contributed by atoms with van der Waals surface area (Å²) in [4.78, 5) is 10.3. The minimum Gasteiger partial charge on any atom is -0.379 e. The first-order valence-electron chi connectivity index (χ1n) is 5.69. The molecule has 0 fully saturated rings. The third kappa shape index (κ3) is 3.10. The molecular formula is C11H11BrFN5O2. The molecule has 2 rings (SSSR count). The van der Waals surface area contributed by atoms with Crippen molar-refractivity contribution < 1.29 is 9.31 Å². The molecule has 20 heavy (non-hydrogen) atoms. The molecule has 0 radical (unpaired) electrons. The van der Waals surface area contributed by atoms with Crippen LogP contribution in [0.5, 0.6) is 0 Å². The van der Waals surface area contributed by atoms with E-state index in [0.717, 1.165) is 11.9 Å². The lowest BCUT2D eigenvalue weighted by Gasteiger charge is -2.08. The molecular weight excluding hydrogens is 333 g/mol. The van der Waals surface area contributed by atoms with Gasteiger partial charge in [-0.15, -0.1) is 10.2 Å². The van der Waals surface area contributed by atoms with Gasteiger partial charge in [-0.1, -0.05) is 0 Å². The monoisotopic (exact) mass is 343 g/mol. The van der Waals surface area contributed by atoms with Crippen molar-refractivity contribution >= 4 is 27.3 Å². The number of halogens is 2. The lowest BCUT2D eigenvalue weighted by atomic mass is 10.2. The van der Waals surface area contributed by atoms with E-state index < -0.39 is 10.7 Å². The first-order valence-corrected chi connectivity index (χ1v) is 6.48. The molecule has 0 saturated carbocycles. The fourth-order valence-corrected chi connectivity index (χ4v) is 2.01. The summed E-state index contributed by atoms with van der Waals surface area (Å²) in [6.07, 6.45) is 2.12. The van der Waals surface area contributed by atoms with E-state index in [1.807, 2.05) is 7.05 Å². The number of aryl methyl sites for hydroxylation is 1. The molecule has 0 aliphatic carbocycles. The SMILES string of the molecule is Cn1cnnc1CCNc1cc(Br)c(F)cc1[N+](=O)[O-]. The third-order valence-corrected chi connectivity index (χ3v) is 3.31. The van der Waals surface area contributed by atoms with Crippen LogP contribution in [0.1, 0.15) is 5.82 Å². The summed E-state index contributed by atoms with van der Waals surface area (Å²) in [5.41, 5.74) is -0.0471. The zero-order valence-corrected chi connectivity index (χ0v) is 12.1. The van der Waals surface area contributed by atoms with Crippen LogP contribution in [0.4, 0.5) is 15.8 Å². The summed E-state index contributed by atoms with van der Waals surface area (Å²) in [5, 5.41) is 21.4. The summed E-state index contributed by atoms with van der Waals surface area (Å²) in [5.74, 6) is 0.0804. The molecule has 1 N–H and O–H groups in total. The summed E-state index contributed by atoms with van der Waals surface area (Å²) in [7, 11) is 1.81. The van der Waals surface area contributed by atoms with Crippen molar-refractivity contribution in [1.29, 1.82) is 0 Å². The maximum atomic E-state index is 13.3. The molecule has 106 valence electrons. The fourth-order valence-electron chi connectivity index (χ4n) is 1.67. The van der Waals surface area contributed by atoms with E-state index in [1.54, 1.807) is 10.9 Å². The molecule has 0 amide bonds. The van der Waals surface area contributed by atoms with E-state index >= 15 is 0 Å². The normalized spacial score (nSPS) is 10.6. The van der Waals surface area contributed by atoms with Crippen molar-refractivity contribution in [3.8, 4) is 0 Å². The minimum atomic E-state index is -0.671. The van der Waals surface area contributed by atoms with Crippen LogP contribution < -0.4 is 5.32 Å². The molecule has 1 aromatic heterocycles. The topological polar surface area (TPSA) is 85.9 Å². The number of nitrogens with zero attached hydrogens (tertiary/aromatic N) is 4. The van der Waals surface area contributed by atoms with Crippen LogP contribution in [0.25, 0.3) is 0 Å². The minimum absolute atomic E-state index is 0.171. The van der Waals surface area contributed by atoms with Gasteiger partial charge < -0.3 is 9.88 Å². The lowest BCUT2D eigenvalue weighted by molar-refractivity contribution is -0.384. The lowest BCUT2D eigenvalue weighted by Crippen LogP contribution is -2.10. The molecule has 0 saturated heterocycles. The van der Waals surface area contributed by atoms with Crippen molar-refractivity contribution in [3.05, 3.63) is 44.7 Å². The van der Waals surface area contributed by atoms with Crippen LogP contribution in [-0.4, -0.2) is 26.2 Å². The Balaban J connectivity index is 2.11. The van der Waals surface area contributed by atoms with Gasteiger partial charge in [0.15, 0.2) is 0 Å². The molecule has 0 bridgehead atoms. The summed E-state index contributed by atoms with van der Waals surface area (Å²) in [6.45, 7) is 0.422. The number of nitrogens with one attached hydrogen (secondary N) is 1. The highest BCUT2D eigenvalue weighted by atomic mass is 79.9. The molecule has 0 aliphatic rings. The van der Waals surface area contributed by atoms with Gasteiger partial charge >= 0.3 is 0 Å². The number of nitro groups is 1.